The molecule has 7 nitrogen and oxygen atoms in total. The number of likely N-dealkylation sites (tertiary alicyclic amines) is 1. The maximum atomic E-state index is 12.1. The molecule has 140 valence electrons. The van der Waals surface area contributed by atoms with Crippen molar-refractivity contribution in [1.82, 2.24) is 15.8 Å². The van der Waals surface area contributed by atoms with Crippen LogP contribution in [0.4, 0.5) is 0 Å². The quantitative estimate of drug-likeness (QED) is 0.760. The van der Waals surface area contributed by atoms with E-state index in [1.54, 1.807) is 24.3 Å². The van der Waals surface area contributed by atoms with E-state index < -0.39 is 11.8 Å². The maximum Gasteiger partial charge on any atom is 0.269 e. The van der Waals surface area contributed by atoms with Crippen LogP contribution >= 0.6 is 0 Å². The first kappa shape index (κ1) is 18.4. The predicted molar refractivity (Wildman–Crippen MR) is 98.6 cm³/mol. The van der Waals surface area contributed by atoms with Gasteiger partial charge in [0.1, 0.15) is 18.9 Å². The molecular formula is C20H21N3O4. The molecule has 0 bridgehead atoms. The number of ether oxygens (including phenoxy) is 1. The number of benzene rings is 2. The second-order valence-corrected chi connectivity index (χ2v) is 6.22. The zero-order valence-corrected chi connectivity index (χ0v) is 14.8. The van der Waals surface area contributed by atoms with Gasteiger partial charge in [-0.3, -0.25) is 25.2 Å². The van der Waals surface area contributed by atoms with Gasteiger partial charge in [-0.15, -0.1) is 0 Å². The first-order chi connectivity index (χ1) is 13.1. The Morgan fingerprint density at radius 1 is 1.00 bits per heavy atom. The lowest BCUT2D eigenvalue weighted by atomic mass is 10.1. The number of nitrogens with zero attached hydrogens (tertiary/aromatic N) is 1. The van der Waals surface area contributed by atoms with Gasteiger partial charge in [0, 0.05) is 18.5 Å². The number of rotatable bonds is 6. The molecule has 0 aliphatic carbocycles. The van der Waals surface area contributed by atoms with Gasteiger partial charge in [-0.2, -0.15) is 0 Å². The summed E-state index contributed by atoms with van der Waals surface area (Å²) in [6, 6.07) is 16.4. The van der Waals surface area contributed by atoms with E-state index in [-0.39, 0.29) is 12.5 Å². The molecule has 0 aromatic heterocycles. The first-order valence-electron chi connectivity index (χ1n) is 8.75. The van der Waals surface area contributed by atoms with Crippen LogP contribution in [0, 0.1) is 0 Å². The summed E-state index contributed by atoms with van der Waals surface area (Å²) in [4.78, 5) is 36.9. The smallest absolute Gasteiger partial charge is 0.269 e. The Hall–Kier alpha value is -3.35. The summed E-state index contributed by atoms with van der Waals surface area (Å²) in [5.74, 6) is -0.110. The van der Waals surface area contributed by atoms with Crippen molar-refractivity contribution in [3.63, 3.8) is 0 Å². The van der Waals surface area contributed by atoms with E-state index in [0.717, 1.165) is 17.7 Å². The Labute approximate surface area is 157 Å². The van der Waals surface area contributed by atoms with Crippen LogP contribution in [0.15, 0.2) is 54.6 Å². The topological polar surface area (TPSA) is 87.7 Å². The second kappa shape index (κ2) is 8.84. The highest BCUT2D eigenvalue weighted by atomic mass is 16.5. The van der Waals surface area contributed by atoms with Crippen LogP contribution in [0.3, 0.4) is 0 Å². The van der Waals surface area contributed by atoms with Gasteiger partial charge in [0.15, 0.2) is 0 Å². The summed E-state index contributed by atoms with van der Waals surface area (Å²) in [6.07, 6.45) is 1.23. The lowest BCUT2D eigenvalue weighted by Gasteiger charge is -2.15. The third-order valence-corrected chi connectivity index (χ3v) is 4.19. The maximum absolute atomic E-state index is 12.1. The molecule has 1 saturated heterocycles. The minimum atomic E-state index is -0.425. The number of carbonyl (C=O) groups excluding carboxylic acids is 3. The summed E-state index contributed by atoms with van der Waals surface area (Å²) in [5.41, 5.74) is 6.03. The highest BCUT2D eigenvalue weighted by Gasteiger charge is 2.22. The third-order valence-electron chi connectivity index (χ3n) is 4.19. The monoisotopic (exact) mass is 367 g/mol. The molecule has 3 amide bonds. The Kier molecular flexibility index (Phi) is 6.04. The average molecular weight is 367 g/mol. The van der Waals surface area contributed by atoms with Crippen molar-refractivity contribution in [3.05, 3.63) is 65.7 Å². The van der Waals surface area contributed by atoms with Crippen LogP contribution in [0.25, 0.3) is 0 Å². The lowest BCUT2D eigenvalue weighted by Crippen LogP contribution is -2.46. The summed E-state index contributed by atoms with van der Waals surface area (Å²) >= 11 is 0. The molecule has 27 heavy (non-hydrogen) atoms. The van der Waals surface area contributed by atoms with Crippen LogP contribution in [-0.4, -0.2) is 35.7 Å². The number of hydrazine groups is 1. The Bertz CT molecular complexity index is 806. The van der Waals surface area contributed by atoms with Crippen LogP contribution in [-0.2, 0) is 16.2 Å². The van der Waals surface area contributed by atoms with E-state index in [9.17, 15) is 14.4 Å². The van der Waals surface area contributed by atoms with Crippen LogP contribution in [0.2, 0.25) is 0 Å². The van der Waals surface area contributed by atoms with Gasteiger partial charge in [-0.05, 0) is 36.2 Å². The van der Waals surface area contributed by atoms with Crippen molar-refractivity contribution < 1.29 is 19.1 Å². The Morgan fingerprint density at radius 2 is 1.74 bits per heavy atom. The number of nitrogens with one attached hydrogen (secondary N) is 2. The summed E-state index contributed by atoms with van der Waals surface area (Å²) in [6.45, 7) is 0.925. The first-order valence-corrected chi connectivity index (χ1v) is 8.75. The van der Waals surface area contributed by atoms with Gasteiger partial charge in [0.05, 0.1) is 0 Å². The molecule has 1 aliphatic rings. The van der Waals surface area contributed by atoms with Crippen molar-refractivity contribution in [1.29, 1.82) is 0 Å². The predicted octanol–water partition coefficient (Wildman–Crippen LogP) is 1.65. The number of carbonyl (C=O) groups is 3. The Morgan fingerprint density at radius 3 is 2.41 bits per heavy atom. The van der Waals surface area contributed by atoms with Crippen molar-refractivity contribution >= 4 is 17.7 Å². The van der Waals surface area contributed by atoms with E-state index >= 15 is 0 Å². The third kappa shape index (κ3) is 5.31. The normalized spacial score (nSPS) is 13.3. The van der Waals surface area contributed by atoms with Gasteiger partial charge >= 0.3 is 0 Å². The molecule has 0 radical (unpaired) electrons. The lowest BCUT2D eigenvalue weighted by molar-refractivity contribution is -0.133. The number of para-hydroxylation sites is 1. The van der Waals surface area contributed by atoms with Crippen LogP contribution in [0.5, 0.6) is 5.75 Å². The van der Waals surface area contributed by atoms with Gasteiger partial charge in [0.25, 0.3) is 11.8 Å². The fourth-order valence-electron chi connectivity index (χ4n) is 2.72. The van der Waals surface area contributed by atoms with E-state index in [0.29, 0.717) is 25.1 Å². The summed E-state index contributed by atoms with van der Waals surface area (Å²) < 4.78 is 5.65. The SMILES string of the molecule is O=C(CN1CCCC1=O)NNC(=O)c1ccc(COc2ccccc2)cc1. The molecule has 0 atom stereocenters. The fraction of sp³-hybridized carbons (Fsp3) is 0.250. The van der Waals surface area contributed by atoms with E-state index in [1.807, 2.05) is 30.3 Å². The number of hydrogen-bond donors (Lipinski definition) is 2. The van der Waals surface area contributed by atoms with Crippen molar-refractivity contribution in [2.75, 3.05) is 13.1 Å². The highest BCUT2D eigenvalue weighted by Crippen LogP contribution is 2.12. The molecule has 3 rings (SSSR count). The van der Waals surface area contributed by atoms with Crippen molar-refractivity contribution in [2.45, 2.75) is 19.4 Å². The van der Waals surface area contributed by atoms with Crippen LogP contribution < -0.4 is 15.6 Å². The van der Waals surface area contributed by atoms with Gasteiger partial charge < -0.3 is 9.64 Å². The molecule has 2 aromatic carbocycles. The summed E-state index contributed by atoms with van der Waals surface area (Å²) in [5, 5.41) is 0. The minimum absolute atomic E-state index is 0.0372. The molecular weight excluding hydrogens is 346 g/mol. The van der Waals surface area contributed by atoms with E-state index in [4.69, 9.17) is 4.74 Å². The molecule has 0 saturated carbocycles. The number of hydrogen-bond acceptors (Lipinski definition) is 4. The van der Waals surface area contributed by atoms with Gasteiger partial charge in [0.2, 0.25) is 5.91 Å². The fourth-order valence-corrected chi connectivity index (χ4v) is 2.72. The molecule has 0 spiro atoms. The molecule has 2 N–H and O–H groups in total. The second-order valence-electron chi connectivity index (χ2n) is 6.22. The number of amides is 3. The average Bonchev–Trinajstić information content (AvgIpc) is 3.10. The van der Waals surface area contributed by atoms with Crippen LogP contribution in [0.1, 0.15) is 28.8 Å². The largest absolute Gasteiger partial charge is 0.489 e. The zero-order valence-electron chi connectivity index (χ0n) is 14.8. The van der Waals surface area contributed by atoms with Crippen molar-refractivity contribution in [2.24, 2.45) is 0 Å². The van der Waals surface area contributed by atoms with Crippen molar-refractivity contribution in [3.8, 4) is 5.75 Å². The molecule has 1 aliphatic heterocycles. The molecule has 1 fully saturated rings. The van der Waals surface area contributed by atoms with Gasteiger partial charge in [-0.25, -0.2) is 0 Å². The summed E-state index contributed by atoms with van der Waals surface area (Å²) in [7, 11) is 0. The highest BCUT2D eigenvalue weighted by molar-refractivity contribution is 5.95. The zero-order chi connectivity index (χ0) is 19.1. The minimum Gasteiger partial charge on any atom is -0.489 e. The van der Waals surface area contributed by atoms with Gasteiger partial charge in [-0.1, -0.05) is 30.3 Å². The van der Waals surface area contributed by atoms with E-state index in [2.05, 4.69) is 10.9 Å². The molecule has 0 unspecified atom stereocenters. The molecule has 1 heterocycles. The standard InChI is InChI=1S/C20H21N3O4/c24-18(13-23-12-4-7-19(23)25)21-22-20(26)16-10-8-15(9-11-16)14-27-17-5-2-1-3-6-17/h1-3,5-6,8-11H,4,7,12-14H2,(H,21,24)(H,22,26). The molecule has 7 heteroatoms. The Balaban J connectivity index is 1.44. The molecule has 2 aromatic rings. The van der Waals surface area contributed by atoms with E-state index in [1.165, 1.54) is 4.90 Å².